The minimum atomic E-state index is -1.08. The first kappa shape index (κ1) is 18.1. The molecule has 0 N–H and O–H groups in total. The van der Waals surface area contributed by atoms with Gasteiger partial charge < -0.3 is 4.74 Å². The van der Waals surface area contributed by atoms with E-state index >= 15 is 0 Å². The van der Waals surface area contributed by atoms with Crippen molar-refractivity contribution < 1.29 is 9.53 Å². The van der Waals surface area contributed by atoms with Crippen LogP contribution in [0.25, 0.3) is 0 Å². The first-order valence-corrected chi connectivity index (χ1v) is 8.56. The molecule has 1 aromatic heterocycles. The molecule has 25 heavy (non-hydrogen) atoms. The number of rotatable bonds is 5. The van der Waals surface area contributed by atoms with Crippen molar-refractivity contribution in [2.75, 3.05) is 0 Å². The Balaban J connectivity index is 2.03. The van der Waals surface area contributed by atoms with Crippen molar-refractivity contribution in [3.8, 4) is 5.75 Å². The zero-order valence-corrected chi connectivity index (χ0v) is 15.5. The minimum Gasteiger partial charge on any atom is -0.459 e. The Morgan fingerprint density at radius 2 is 1.76 bits per heavy atom. The zero-order chi connectivity index (χ0) is 18.0. The van der Waals surface area contributed by atoms with E-state index < -0.39 is 12.0 Å². The molecule has 0 saturated heterocycles. The van der Waals surface area contributed by atoms with Crippen LogP contribution in [0.15, 0.2) is 55.1 Å². The second-order valence-corrected chi connectivity index (χ2v) is 6.68. The molecule has 0 fully saturated rings. The van der Waals surface area contributed by atoms with Crippen molar-refractivity contribution in [1.82, 2.24) is 9.55 Å². The normalized spacial score (nSPS) is 12.0. The van der Waals surface area contributed by atoms with Gasteiger partial charge in [-0.1, -0.05) is 52.5 Å². The lowest BCUT2D eigenvalue weighted by atomic mass is 10.1. The van der Waals surface area contributed by atoms with E-state index in [9.17, 15) is 4.79 Å². The second-order valence-electron chi connectivity index (χ2n) is 5.02. The lowest BCUT2D eigenvalue weighted by Gasteiger charge is -2.21. The van der Waals surface area contributed by atoms with Crippen LogP contribution in [0.4, 0.5) is 0 Å². The smallest absolute Gasteiger partial charge is 0.241 e. The summed E-state index contributed by atoms with van der Waals surface area (Å²) in [7, 11) is 0. The SMILES string of the molecule is O=C(c1ccc(Cl)cc1Cl)C(Oc1c(Cl)cccc1Cl)n1ccnc1. The molecule has 3 rings (SSSR count). The Hall–Kier alpha value is -1.72. The number of hydrogen-bond acceptors (Lipinski definition) is 3. The molecular formula is C17H10Cl4N2O2. The Kier molecular flexibility index (Phi) is 5.54. The van der Waals surface area contributed by atoms with Crippen molar-refractivity contribution in [3.05, 3.63) is 80.8 Å². The molecular weight excluding hydrogens is 406 g/mol. The van der Waals surface area contributed by atoms with Gasteiger partial charge in [0.25, 0.3) is 0 Å². The van der Waals surface area contributed by atoms with Gasteiger partial charge in [-0.05, 0) is 30.3 Å². The third kappa shape index (κ3) is 3.93. The number of nitrogens with zero attached hydrogens (tertiary/aromatic N) is 2. The van der Waals surface area contributed by atoms with E-state index in [1.807, 2.05) is 0 Å². The first-order valence-electron chi connectivity index (χ1n) is 7.04. The van der Waals surface area contributed by atoms with Crippen molar-refractivity contribution in [1.29, 1.82) is 0 Å². The lowest BCUT2D eigenvalue weighted by Crippen LogP contribution is -2.25. The average Bonchev–Trinajstić information content (AvgIpc) is 3.08. The molecule has 0 amide bonds. The number of Topliss-reactive ketones (excluding diaryl/α,β-unsaturated/α-hetero) is 1. The van der Waals surface area contributed by atoms with E-state index in [1.165, 1.54) is 29.2 Å². The van der Waals surface area contributed by atoms with Gasteiger partial charge >= 0.3 is 0 Å². The molecule has 0 bridgehead atoms. The zero-order valence-electron chi connectivity index (χ0n) is 12.5. The Labute approximate surface area is 163 Å². The van der Waals surface area contributed by atoms with E-state index in [0.717, 1.165) is 0 Å². The van der Waals surface area contributed by atoms with Crippen LogP contribution in [0.1, 0.15) is 16.6 Å². The monoisotopic (exact) mass is 414 g/mol. The number of ether oxygens (including phenoxy) is 1. The number of imidazole rings is 1. The van der Waals surface area contributed by atoms with Gasteiger partial charge in [0.1, 0.15) is 0 Å². The highest BCUT2D eigenvalue weighted by Crippen LogP contribution is 2.36. The van der Waals surface area contributed by atoms with Gasteiger partial charge in [0, 0.05) is 23.0 Å². The molecule has 1 atom stereocenters. The summed E-state index contributed by atoms with van der Waals surface area (Å²) in [4.78, 5) is 17.0. The first-order chi connectivity index (χ1) is 12.0. The number of carbonyl (C=O) groups is 1. The van der Waals surface area contributed by atoms with E-state index in [0.29, 0.717) is 5.02 Å². The van der Waals surface area contributed by atoms with Crippen LogP contribution in [-0.2, 0) is 0 Å². The molecule has 128 valence electrons. The summed E-state index contributed by atoms with van der Waals surface area (Å²) in [6.07, 6.45) is 3.49. The van der Waals surface area contributed by atoms with E-state index in [1.54, 1.807) is 30.5 Å². The summed E-state index contributed by atoms with van der Waals surface area (Å²) in [5, 5.41) is 1.22. The molecule has 3 aromatic rings. The minimum absolute atomic E-state index is 0.197. The van der Waals surface area contributed by atoms with Crippen LogP contribution >= 0.6 is 46.4 Å². The lowest BCUT2D eigenvalue weighted by molar-refractivity contribution is 0.0654. The summed E-state index contributed by atoms with van der Waals surface area (Å²) >= 11 is 24.3. The van der Waals surface area contributed by atoms with E-state index in [4.69, 9.17) is 51.1 Å². The maximum Gasteiger partial charge on any atom is 0.241 e. The molecule has 0 spiro atoms. The van der Waals surface area contributed by atoms with Gasteiger partial charge in [0.15, 0.2) is 5.75 Å². The molecule has 0 saturated carbocycles. The van der Waals surface area contributed by atoms with Crippen LogP contribution in [0.5, 0.6) is 5.75 Å². The van der Waals surface area contributed by atoms with Crippen LogP contribution < -0.4 is 4.74 Å². The number of para-hydroxylation sites is 1. The van der Waals surface area contributed by atoms with Gasteiger partial charge in [-0.2, -0.15) is 0 Å². The Bertz CT molecular complexity index is 893. The highest BCUT2D eigenvalue weighted by atomic mass is 35.5. The third-order valence-corrected chi connectivity index (χ3v) is 4.51. The molecule has 0 aliphatic rings. The fraction of sp³-hybridized carbons (Fsp3) is 0.0588. The highest BCUT2D eigenvalue weighted by molar-refractivity contribution is 6.37. The largest absolute Gasteiger partial charge is 0.459 e. The van der Waals surface area contributed by atoms with Gasteiger partial charge in [0.2, 0.25) is 12.0 Å². The molecule has 8 heteroatoms. The van der Waals surface area contributed by atoms with Crippen LogP contribution in [-0.4, -0.2) is 15.3 Å². The van der Waals surface area contributed by atoms with Crippen molar-refractivity contribution >= 4 is 52.2 Å². The van der Waals surface area contributed by atoms with Gasteiger partial charge in [0.05, 0.1) is 21.4 Å². The number of hydrogen-bond donors (Lipinski definition) is 0. The molecule has 2 aromatic carbocycles. The van der Waals surface area contributed by atoms with Gasteiger partial charge in [-0.15, -0.1) is 0 Å². The standard InChI is InChI=1S/C17H10Cl4N2O2/c18-10-4-5-11(14(21)8-10)15(24)17(23-7-6-22-9-23)25-16-12(19)2-1-3-13(16)20/h1-9,17H. The van der Waals surface area contributed by atoms with Gasteiger partial charge in [-0.25, -0.2) is 4.98 Å². The maximum absolute atomic E-state index is 13.0. The average molecular weight is 416 g/mol. The number of ketones is 1. The molecule has 0 radical (unpaired) electrons. The van der Waals surface area contributed by atoms with Crippen LogP contribution in [0.2, 0.25) is 20.1 Å². The Morgan fingerprint density at radius 1 is 1.04 bits per heavy atom. The summed E-state index contributed by atoms with van der Waals surface area (Å²) in [6.45, 7) is 0. The predicted molar refractivity (Wildman–Crippen MR) is 99.1 cm³/mol. The van der Waals surface area contributed by atoms with Crippen LogP contribution in [0, 0.1) is 0 Å². The van der Waals surface area contributed by atoms with Crippen molar-refractivity contribution in [2.24, 2.45) is 0 Å². The second kappa shape index (κ2) is 7.67. The van der Waals surface area contributed by atoms with Crippen molar-refractivity contribution in [2.45, 2.75) is 6.23 Å². The van der Waals surface area contributed by atoms with Gasteiger partial charge in [-0.3, -0.25) is 9.36 Å². The number of halogens is 4. The fourth-order valence-electron chi connectivity index (χ4n) is 2.19. The summed E-state index contributed by atoms with van der Waals surface area (Å²) in [5.74, 6) is -0.196. The number of carbonyl (C=O) groups excluding carboxylic acids is 1. The number of aromatic nitrogens is 2. The molecule has 1 unspecified atom stereocenters. The summed E-state index contributed by atoms with van der Waals surface area (Å²) in [6, 6.07) is 9.52. The van der Waals surface area contributed by atoms with Crippen molar-refractivity contribution in [3.63, 3.8) is 0 Å². The third-order valence-electron chi connectivity index (χ3n) is 3.36. The summed E-state index contributed by atoms with van der Waals surface area (Å²) in [5.41, 5.74) is 0.257. The topological polar surface area (TPSA) is 44.1 Å². The maximum atomic E-state index is 13.0. The van der Waals surface area contributed by atoms with Crippen LogP contribution in [0.3, 0.4) is 0 Å². The molecule has 4 nitrogen and oxygen atoms in total. The Morgan fingerprint density at radius 3 is 2.36 bits per heavy atom. The number of benzene rings is 2. The molecule has 0 aliphatic heterocycles. The highest BCUT2D eigenvalue weighted by Gasteiger charge is 2.27. The summed E-state index contributed by atoms with van der Waals surface area (Å²) < 4.78 is 7.33. The van der Waals surface area contributed by atoms with E-state index in [-0.39, 0.29) is 26.4 Å². The fourth-order valence-corrected chi connectivity index (χ4v) is 3.18. The van der Waals surface area contributed by atoms with E-state index in [2.05, 4.69) is 4.98 Å². The molecule has 0 aliphatic carbocycles. The quantitative estimate of drug-likeness (QED) is 0.483. The molecule has 1 heterocycles. The predicted octanol–water partition coefficient (Wildman–Crippen LogP) is 5.96.